The van der Waals surface area contributed by atoms with E-state index in [1.54, 1.807) is 0 Å². The molecule has 0 spiro atoms. The molecule has 0 amide bonds. The Kier molecular flexibility index (Phi) is 4.50. The van der Waals surface area contributed by atoms with Crippen LogP contribution in [-0.4, -0.2) is 36.9 Å². The molecule has 0 N–H and O–H groups in total. The molecule has 7 nitrogen and oxygen atoms in total. The number of hydrogen-bond acceptors (Lipinski definition) is 7. The SMILES string of the molecule is CC(=O)OCC1=COC(OC(C)=O)C2C(C=O)=CC(=O)C3C(C12)C3(C)C. The van der Waals surface area contributed by atoms with Crippen molar-refractivity contribution in [1.82, 2.24) is 0 Å². The Hall–Kier alpha value is -2.44. The average Bonchev–Trinajstić information content (AvgIpc) is 3.15. The molecule has 5 atom stereocenters. The van der Waals surface area contributed by atoms with E-state index in [1.165, 1.54) is 26.2 Å². The van der Waals surface area contributed by atoms with E-state index in [4.69, 9.17) is 14.2 Å². The van der Waals surface area contributed by atoms with Gasteiger partial charge in [0.15, 0.2) is 5.78 Å². The molecule has 0 aromatic carbocycles. The van der Waals surface area contributed by atoms with Gasteiger partial charge in [-0.2, -0.15) is 0 Å². The quantitative estimate of drug-likeness (QED) is 0.553. The molecule has 3 aliphatic rings. The second-order valence-electron chi connectivity index (χ2n) is 7.63. The zero-order chi connectivity index (χ0) is 19.2. The molecule has 1 saturated carbocycles. The minimum atomic E-state index is -1.00. The summed E-state index contributed by atoms with van der Waals surface area (Å²) in [6, 6.07) is 0. The molecule has 1 heterocycles. The fraction of sp³-hybridized carbons (Fsp3) is 0.579. The third-order valence-electron chi connectivity index (χ3n) is 5.62. The highest BCUT2D eigenvalue weighted by atomic mass is 16.7. The highest BCUT2D eigenvalue weighted by molar-refractivity contribution is 6.00. The number of aldehydes is 1. The molecule has 0 saturated heterocycles. The van der Waals surface area contributed by atoms with Crippen LogP contribution >= 0.6 is 0 Å². The zero-order valence-electron chi connectivity index (χ0n) is 15.2. The molecule has 2 aliphatic carbocycles. The van der Waals surface area contributed by atoms with E-state index >= 15 is 0 Å². The molecular weight excluding hydrogens is 340 g/mol. The molecule has 0 radical (unpaired) electrons. The topological polar surface area (TPSA) is 96.0 Å². The van der Waals surface area contributed by atoms with Gasteiger partial charge in [-0.1, -0.05) is 13.8 Å². The monoisotopic (exact) mass is 362 g/mol. The van der Waals surface area contributed by atoms with Gasteiger partial charge in [-0.3, -0.25) is 19.2 Å². The number of esters is 2. The summed E-state index contributed by atoms with van der Waals surface area (Å²) in [5.41, 5.74) is 0.650. The summed E-state index contributed by atoms with van der Waals surface area (Å²) in [7, 11) is 0. The lowest BCUT2D eigenvalue weighted by Gasteiger charge is -2.38. The molecule has 140 valence electrons. The number of fused-ring (bicyclic) bond motifs is 3. The number of ether oxygens (including phenoxy) is 3. The van der Waals surface area contributed by atoms with Crippen molar-refractivity contribution in [2.45, 2.75) is 34.0 Å². The lowest BCUT2D eigenvalue weighted by molar-refractivity contribution is -0.181. The average molecular weight is 362 g/mol. The van der Waals surface area contributed by atoms with Crippen LogP contribution in [0.25, 0.3) is 0 Å². The first-order valence-electron chi connectivity index (χ1n) is 8.54. The Bertz CT molecular complexity index is 730. The Labute approximate surface area is 151 Å². The molecule has 0 bridgehead atoms. The lowest BCUT2D eigenvalue weighted by atomic mass is 9.75. The second-order valence-corrected chi connectivity index (χ2v) is 7.63. The molecule has 7 heteroatoms. The van der Waals surface area contributed by atoms with E-state index in [2.05, 4.69) is 0 Å². The fourth-order valence-electron chi connectivity index (χ4n) is 4.47. The number of rotatable bonds is 4. The number of hydrogen-bond donors (Lipinski definition) is 0. The van der Waals surface area contributed by atoms with E-state index in [0.29, 0.717) is 11.9 Å². The maximum Gasteiger partial charge on any atom is 0.305 e. The first kappa shape index (κ1) is 18.4. The van der Waals surface area contributed by atoms with Crippen LogP contribution in [0, 0.1) is 29.1 Å². The van der Waals surface area contributed by atoms with E-state index < -0.39 is 24.1 Å². The van der Waals surface area contributed by atoms with Crippen LogP contribution in [0.4, 0.5) is 0 Å². The van der Waals surface area contributed by atoms with Crippen molar-refractivity contribution in [3.8, 4) is 0 Å². The molecular formula is C19H22O7. The van der Waals surface area contributed by atoms with E-state index in [-0.39, 0.29) is 41.1 Å². The number of allylic oxidation sites excluding steroid dienone is 1. The molecule has 1 fully saturated rings. The Balaban J connectivity index is 2.05. The predicted molar refractivity (Wildman–Crippen MR) is 88.3 cm³/mol. The van der Waals surface area contributed by atoms with Gasteiger partial charge in [0, 0.05) is 36.8 Å². The molecule has 0 aromatic heterocycles. The summed E-state index contributed by atoms with van der Waals surface area (Å²) in [5, 5.41) is 0. The molecule has 1 aliphatic heterocycles. The smallest absolute Gasteiger partial charge is 0.305 e. The maximum atomic E-state index is 12.6. The standard InChI is InChI=1S/C19H22O7/c1-9(21)24-7-12-8-25-18(26-10(2)22)15-11(6-20)5-13(23)16-17(14(12)15)19(16,3)4/h5-6,8,14-18H,7H2,1-4H3. The molecule has 5 unspecified atom stereocenters. The highest BCUT2D eigenvalue weighted by Crippen LogP contribution is 2.67. The fourth-order valence-corrected chi connectivity index (χ4v) is 4.47. The second kappa shape index (κ2) is 6.37. The summed E-state index contributed by atoms with van der Waals surface area (Å²) in [4.78, 5) is 47.0. The van der Waals surface area contributed by atoms with Crippen LogP contribution in [-0.2, 0) is 33.4 Å². The first-order valence-corrected chi connectivity index (χ1v) is 8.54. The van der Waals surface area contributed by atoms with Crippen molar-refractivity contribution in [2.24, 2.45) is 29.1 Å². The summed E-state index contributed by atoms with van der Waals surface area (Å²) in [6.45, 7) is 6.56. The van der Waals surface area contributed by atoms with Crippen molar-refractivity contribution in [1.29, 1.82) is 0 Å². The van der Waals surface area contributed by atoms with Crippen LogP contribution in [0.1, 0.15) is 27.7 Å². The molecule has 26 heavy (non-hydrogen) atoms. The van der Waals surface area contributed by atoms with Gasteiger partial charge in [0.25, 0.3) is 6.29 Å². The number of carbonyl (C=O) groups is 4. The van der Waals surface area contributed by atoms with Crippen LogP contribution in [0.5, 0.6) is 0 Å². The highest BCUT2D eigenvalue weighted by Gasteiger charge is 2.68. The van der Waals surface area contributed by atoms with Gasteiger partial charge < -0.3 is 14.2 Å². The minimum Gasteiger partial charge on any atom is -0.462 e. The number of carbonyl (C=O) groups excluding carboxylic acids is 4. The van der Waals surface area contributed by atoms with Gasteiger partial charge in [-0.15, -0.1) is 0 Å². The zero-order valence-corrected chi connectivity index (χ0v) is 15.2. The summed E-state index contributed by atoms with van der Waals surface area (Å²) in [6.07, 6.45) is 2.39. The van der Waals surface area contributed by atoms with Crippen molar-refractivity contribution in [3.05, 3.63) is 23.5 Å². The third-order valence-corrected chi connectivity index (χ3v) is 5.62. The van der Waals surface area contributed by atoms with Crippen molar-refractivity contribution >= 4 is 24.0 Å². The van der Waals surface area contributed by atoms with E-state index in [1.807, 2.05) is 13.8 Å². The molecule has 0 aromatic rings. The van der Waals surface area contributed by atoms with Gasteiger partial charge >= 0.3 is 11.9 Å². The normalized spacial score (nSPS) is 34.0. The Morgan fingerprint density at radius 1 is 1.23 bits per heavy atom. The summed E-state index contributed by atoms with van der Waals surface area (Å²) >= 11 is 0. The van der Waals surface area contributed by atoms with Crippen molar-refractivity contribution in [2.75, 3.05) is 6.61 Å². The lowest BCUT2D eigenvalue weighted by Crippen LogP contribution is -2.41. The number of ketones is 1. The maximum absolute atomic E-state index is 12.6. The third kappa shape index (κ3) is 2.95. The van der Waals surface area contributed by atoms with Gasteiger partial charge in [-0.25, -0.2) is 0 Å². The predicted octanol–water partition coefficient (Wildman–Crippen LogP) is 1.57. The largest absolute Gasteiger partial charge is 0.462 e. The summed E-state index contributed by atoms with van der Waals surface area (Å²) < 4.78 is 16.0. The van der Waals surface area contributed by atoms with Gasteiger partial charge in [0.05, 0.1) is 12.2 Å². The van der Waals surface area contributed by atoms with Crippen LogP contribution in [0.15, 0.2) is 23.5 Å². The van der Waals surface area contributed by atoms with Gasteiger partial charge in [0.1, 0.15) is 12.9 Å². The summed E-state index contributed by atoms with van der Waals surface area (Å²) in [5.74, 6) is -2.29. The Morgan fingerprint density at radius 3 is 2.50 bits per heavy atom. The Morgan fingerprint density at radius 2 is 1.92 bits per heavy atom. The van der Waals surface area contributed by atoms with E-state index in [0.717, 1.165) is 0 Å². The van der Waals surface area contributed by atoms with Crippen molar-refractivity contribution < 1.29 is 33.4 Å². The minimum absolute atomic E-state index is 0.00290. The van der Waals surface area contributed by atoms with E-state index in [9.17, 15) is 19.2 Å². The van der Waals surface area contributed by atoms with Crippen molar-refractivity contribution in [3.63, 3.8) is 0 Å². The van der Waals surface area contributed by atoms with Crippen LogP contribution in [0.3, 0.4) is 0 Å². The van der Waals surface area contributed by atoms with Crippen LogP contribution in [0.2, 0.25) is 0 Å². The van der Waals surface area contributed by atoms with Gasteiger partial charge in [-0.05, 0) is 17.4 Å². The van der Waals surface area contributed by atoms with Crippen LogP contribution < -0.4 is 0 Å². The first-order chi connectivity index (χ1) is 12.2. The molecule has 3 rings (SSSR count). The van der Waals surface area contributed by atoms with Gasteiger partial charge in [0.2, 0.25) is 0 Å².